The number of hydrogen-bond donors (Lipinski definition) is 0. The second-order valence-electron chi connectivity index (χ2n) is 6.09. The van der Waals surface area contributed by atoms with Crippen molar-refractivity contribution in [2.75, 3.05) is 0 Å². The number of ketones is 1. The van der Waals surface area contributed by atoms with Gasteiger partial charge in [0.25, 0.3) is 0 Å². The van der Waals surface area contributed by atoms with E-state index in [1.54, 1.807) is 60.7 Å². The minimum absolute atomic E-state index is 0.00459. The third kappa shape index (κ3) is 3.50. The molecular weight excluding hydrogens is 374 g/mol. The van der Waals surface area contributed by atoms with Gasteiger partial charge in [-0.3, -0.25) is 9.78 Å². The summed E-state index contributed by atoms with van der Waals surface area (Å²) >= 11 is 0. The third-order valence-electron chi connectivity index (χ3n) is 4.22. The summed E-state index contributed by atoms with van der Waals surface area (Å²) in [5.74, 6) is -0.0224. The minimum Gasteiger partial charge on any atom is -0.379 e. The van der Waals surface area contributed by atoms with Gasteiger partial charge in [0.05, 0.1) is 5.52 Å². The summed E-state index contributed by atoms with van der Waals surface area (Å²) in [6.45, 7) is 0. The van der Waals surface area contributed by atoms with Crippen molar-refractivity contribution in [3.05, 3.63) is 102 Å². The molecule has 3 aromatic carbocycles. The normalized spacial score (nSPS) is 11.3. The lowest BCUT2D eigenvalue weighted by atomic mass is 10.0. The van der Waals surface area contributed by atoms with Crippen LogP contribution in [0, 0.1) is 0 Å². The van der Waals surface area contributed by atoms with Crippen molar-refractivity contribution in [2.24, 2.45) is 0 Å². The van der Waals surface area contributed by atoms with Gasteiger partial charge in [0.1, 0.15) is 10.6 Å². The van der Waals surface area contributed by atoms with Gasteiger partial charge in [-0.05, 0) is 36.4 Å². The molecule has 0 saturated carbocycles. The molecule has 4 aromatic rings. The summed E-state index contributed by atoms with van der Waals surface area (Å²) in [6.07, 6.45) is 1.53. The number of para-hydroxylation sites is 1. The fraction of sp³-hybridized carbons (Fsp3) is 0. The summed E-state index contributed by atoms with van der Waals surface area (Å²) in [7, 11) is -4.07. The van der Waals surface area contributed by atoms with Crippen LogP contribution in [-0.4, -0.2) is 19.2 Å². The molecule has 0 fully saturated rings. The molecule has 0 aliphatic carbocycles. The van der Waals surface area contributed by atoms with Crippen LogP contribution in [0.5, 0.6) is 5.75 Å². The predicted molar refractivity (Wildman–Crippen MR) is 106 cm³/mol. The van der Waals surface area contributed by atoms with Gasteiger partial charge in [-0.2, -0.15) is 8.42 Å². The maximum atomic E-state index is 12.7. The van der Waals surface area contributed by atoms with E-state index in [0.717, 1.165) is 0 Å². The lowest BCUT2D eigenvalue weighted by Crippen LogP contribution is -2.11. The average molecular weight is 389 g/mol. The van der Waals surface area contributed by atoms with E-state index < -0.39 is 10.1 Å². The molecule has 1 aromatic heterocycles. The molecule has 0 spiro atoms. The van der Waals surface area contributed by atoms with Crippen LogP contribution in [0.4, 0.5) is 0 Å². The van der Waals surface area contributed by atoms with Crippen LogP contribution in [0.15, 0.2) is 96.0 Å². The predicted octanol–water partition coefficient (Wildman–Crippen LogP) is 4.23. The summed E-state index contributed by atoms with van der Waals surface area (Å²) < 4.78 is 30.7. The minimum atomic E-state index is -4.07. The molecule has 4 rings (SSSR count). The Balaban J connectivity index is 1.61. The molecular formula is C22H15NO4S. The Labute approximate surface area is 162 Å². The van der Waals surface area contributed by atoms with E-state index in [1.165, 1.54) is 24.4 Å². The Bertz CT molecular complexity index is 1250. The molecule has 5 nitrogen and oxygen atoms in total. The summed E-state index contributed by atoms with van der Waals surface area (Å²) in [5.41, 5.74) is 1.36. The number of rotatable bonds is 5. The molecule has 0 amide bonds. The maximum absolute atomic E-state index is 12.7. The summed E-state index contributed by atoms with van der Waals surface area (Å²) in [4.78, 5) is 16.6. The number of aromatic nitrogens is 1. The number of benzene rings is 3. The van der Waals surface area contributed by atoms with E-state index in [9.17, 15) is 13.2 Å². The van der Waals surface area contributed by atoms with E-state index >= 15 is 0 Å². The zero-order valence-corrected chi connectivity index (χ0v) is 15.5. The first-order chi connectivity index (χ1) is 13.5. The Morgan fingerprint density at radius 2 is 1.43 bits per heavy atom. The Morgan fingerprint density at radius 3 is 2.18 bits per heavy atom. The Kier molecular flexibility index (Phi) is 4.63. The van der Waals surface area contributed by atoms with Crippen LogP contribution < -0.4 is 4.18 Å². The number of pyridine rings is 1. The highest BCUT2D eigenvalue weighted by Crippen LogP contribution is 2.25. The van der Waals surface area contributed by atoms with Crippen molar-refractivity contribution < 1.29 is 17.4 Å². The molecule has 28 heavy (non-hydrogen) atoms. The van der Waals surface area contributed by atoms with Gasteiger partial charge in [-0.25, -0.2) is 0 Å². The maximum Gasteiger partial charge on any atom is 0.341 e. The fourth-order valence-corrected chi connectivity index (χ4v) is 3.97. The molecule has 0 saturated heterocycles. The van der Waals surface area contributed by atoms with Crippen LogP contribution in [0.1, 0.15) is 15.9 Å². The van der Waals surface area contributed by atoms with Crippen molar-refractivity contribution in [3.8, 4) is 5.75 Å². The van der Waals surface area contributed by atoms with Gasteiger partial charge in [0.15, 0.2) is 5.78 Å². The topological polar surface area (TPSA) is 73.3 Å². The van der Waals surface area contributed by atoms with E-state index in [-0.39, 0.29) is 16.4 Å². The zero-order valence-electron chi connectivity index (χ0n) is 14.6. The molecule has 6 heteroatoms. The van der Waals surface area contributed by atoms with Gasteiger partial charge < -0.3 is 4.18 Å². The number of nitrogens with zero attached hydrogens (tertiary/aromatic N) is 1. The van der Waals surface area contributed by atoms with Gasteiger partial charge in [0.2, 0.25) is 0 Å². The van der Waals surface area contributed by atoms with Crippen molar-refractivity contribution >= 4 is 26.8 Å². The molecule has 0 N–H and O–H groups in total. The first kappa shape index (κ1) is 17.9. The molecule has 0 unspecified atom stereocenters. The zero-order chi connectivity index (χ0) is 19.6. The van der Waals surface area contributed by atoms with Gasteiger partial charge in [-0.15, -0.1) is 0 Å². The highest BCUT2D eigenvalue weighted by molar-refractivity contribution is 7.87. The molecule has 0 aliphatic rings. The Morgan fingerprint density at radius 1 is 0.750 bits per heavy atom. The van der Waals surface area contributed by atoms with Crippen molar-refractivity contribution in [1.82, 2.24) is 4.98 Å². The lowest BCUT2D eigenvalue weighted by molar-refractivity contribution is 0.103. The molecule has 1 heterocycles. The highest BCUT2D eigenvalue weighted by atomic mass is 32.2. The monoisotopic (exact) mass is 389 g/mol. The summed E-state index contributed by atoms with van der Waals surface area (Å²) in [6, 6.07) is 23.3. The van der Waals surface area contributed by atoms with Crippen LogP contribution in [0.3, 0.4) is 0 Å². The fourth-order valence-electron chi connectivity index (χ4n) is 2.87. The molecule has 0 aliphatic heterocycles. The van der Waals surface area contributed by atoms with E-state index in [4.69, 9.17) is 4.18 Å². The second kappa shape index (κ2) is 7.25. The van der Waals surface area contributed by atoms with Crippen molar-refractivity contribution in [2.45, 2.75) is 4.90 Å². The third-order valence-corrected chi connectivity index (χ3v) is 5.50. The number of carbonyl (C=O) groups is 1. The molecule has 0 bridgehead atoms. The van der Waals surface area contributed by atoms with Crippen LogP contribution >= 0.6 is 0 Å². The first-order valence-corrected chi connectivity index (χ1v) is 9.93. The van der Waals surface area contributed by atoms with Crippen LogP contribution in [-0.2, 0) is 10.1 Å². The van der Waals surface area contributed by atoms with E-state index in [0.29, 0.717) is 22.0 Å². The number of hydrogen-bond acceptors (Lipinski definition) is 5. The van der Waals surface area contributed by atoms with E-state index in [1.807, 2.05) is 6.07 Å². The van der Waals surface area contributed by atoms with Gasteiger partial charge in [-0.1, -0.05) is 48.5 Å². The number of fused-ring (bicyclic) bond motifs is 1. The quantitative estimate of drug-likeness (QED) is 0.377. The van der Waals surface area contributed by atoms with Crippen molar-refractivity contribution in [1.29, 1.82) is 0 Å². The average Bonchev–Trinajstić information content (AvgIpc) is 2.74. The molecule has 0 radical (unpaired) electrons. The van der Waals surface area contributed by atoms with Crippen LogP contribution in [0.25, 0.3) is 10.9 Å². The number of carbonyl (C=O) groups excluding carboxylic acids is 1. The Hall–Kier alpha value is -3.51. The molecule has 0 atom stereocenters. The largest absolute Gasteiger partial charge is 0.379 e. The second-order valence-corrected chi connectivity index (χ2v) is 7.60. The molecule has 138 valence electrons. The SMILES string of the molecule is O=C(c1ccccc1)c1ccc(OS(=O)(=O)c2cccc3cccnc23)cc1. The summed E-state index contributed by atoms with van der Waals surface area (Å²) in [5, 5.41) is 0.705. The van der Waals surface area contributed by atoms with Crippen molar-refractivity contribution in [3.63, 3.8) is 0 Å². The van der Waals surface area contributed by atoms with Gasteiger partial charge in [0, 0.05) is 22.7 Å². The van der Waals surface area contributed by atoms with Gasteiger partial charge >= 0.3 is 10.1 Å². The first-order valence-electron chi connectivity index (χ1n) is 8.53. The smallest absolute Gasteiger partial charge is 0.341 e. The highest BCUT2D eigenvalue weighted by Gasteiger charge is 2.21. The van der Waals surface area contributed by atoms with Crippen LogP contribution in [0.2, 0.25) is 0 Å². The lowest BCUT2D eigenvalue weighted by Gasteiger charge is -2.09. The van der Waals surface area contributed by atoms with E-state index in [2.05, 4.69) is 4.98 Å². The standard InChI is InChI=1S/C22H15NO4S/c24-22(17-6-2-1-3-7-17)18-11-13-19(14-12-18)27-28(25,26)20-10-4-8-16-9-5-15-23-21(16)20/h1-15H.